The molecule has 1 aliphatic rings. The molecular formula is C14H11N3O2. The largest absolute Gasteiger partial charge is 0.472 e. The normalized spacial score (nSPS) is 17.2. The standard InChI is InChI=1S/C14H11N3O2/c1-2-4-11-9(3-1)7-12(15-11)14-16-13(17-19-14)10-5-6-18-8-10/h1-6,8,12,15H,7H2. The monoisotopic (exact) mass is 253 g/mol. The zero-order valence-electron chi connectivity index (χ0n) is 10.0. The highest BCUT2D eigenvalue weighted by molar-refractivity contribution is 5.57. The number of nitrogens with one attached hydrogen (secondary N) is 1. The first-order chi connectivity index (χ1) is 9.40. The molecular weight excluding hydrogens is 242 g/mol. The van der Waals surface area contributed by atoms with Crippen molar-refractivity contribution in [3.05, 3.63) is 54.3 Å². The fraction of sp³-hybridized carbons (Fsp3) is 0.143. The lowest BCUT2D eigenvalue weighted by molar-refractivity contribution is 0.364. The molecule has 0 amide bonds. The molecule has 3 aromatic rings. The molecule has 0 bridgehead atoms. The fourth-order valence-corrected chi connectivity index (χ4v) is 2.33. The predicted molar refractivity (Wildman–Crippen MR) is 68.5 cm³/mol. The van der Waals surface area contributed by atoms with Gasteiger partial charge < -0.3 is 14.3 Å². The van der Waals surface area contributed by atoms with Gasteiger partial charge in [-0.15, -0.1) is 0 Å². The molecule has 1 unspecified atom stereocenters. The van der Waals surface area contributed by atoms with Crippen molar-refractivity contribution in [2.45, 2.75) is 12.5 Å². The summed E-state index contributed by atoms with van der Waals surface area (Å²) in [6.45, 7) is 0. The Morgan fingerprint density at radius 2 is 2.16 bits per heavy atom. The number of benzene rings is 1. The molecule has 0 fully saturated rings. The van der Waals surface area contributed by atoms with E-state index in [-0.39, 0.29) is 6.04 Å². The molecule has 0 saturated carbocycles. The van der Waals surface area contributed by atoms with Crippen LogP contribution in [0.4, 0.5) is 5.69 Å². The number of para-hydroxylation sites is 1. The van der Waals surface area contributed by atoms with E-state index in [1.54, 1.807) is 12.5 Å². The Hall–Kier alpha value is -2.56. The molecule has 1 aliphatic heterocycles. The number of nitrogens with zero attached hydrogens (tertiary/aromatic N) is 2. The Morgan fingerprint density at radius 3 is 3.00 bits per heavy atom. The molecule has 1 aromatic carbocycles. The molecule has 0 aliphatic carbocycles. The van der Waals surface area contributed by atoms with Gasteiger partial charge in [0.2, 0.25) is 11.7 Å². The van der Waals surface area contributed by atoms with E-state index in [0.29, 0.717) is 11.7 Å². The summed E-state index contributed by atoms with van der Waals surface area (Å²) in [5, 5.41) is 7.37. The maximum atomic E-state index is 5.34. The maximum Gasteiger partial charge on any atom is 0.249 e. The van der Waals surface area contributed by atoms with E-state index >= 15 is 0 Å². The lowest BCUT2D eigenvalue weighted by atomic mass is 10.1. The number of rotatable bonds is 2. The minimum Gasteiger partial charge on any atom is -0.472 e. The number of anilines is 1. The second kappa shape index (κ2) is 3.98. The number of hydrogen-bond donors (Lipinski definition) is 1. The van der Waals surface area contributed by atoms with Crippen LogP contribution in [0.2, 0.25) is 0 Å². The molecule has 2 aromatic heterocycles. The Balaban J connectivity index is 1.62. The highest BCUT2D eigenvalue weighted by Crippen LogP contribution is 2.33. The summed E-state index contributed by atoms with van der Waals surface area (Å²) in [6, 6.07) is 10.1. The molecule has 4 rings (SSSR count). The van der Waals surface area contributed by atoms with Crippen molar-refractivity contribution in [2.24, 2.45) is 0 Å². The first-order valence-electron chi connectivity index (χ1n) is 6.11. The van der Waals surface area contributed by atoms with Crippen LogP contribution in [0.15, 0.2) is 51.8 Å². The molecule has 0 radical (unpaired) electrons. The Kier molecular flexibility index (Phi) is 2.17. The number of furan rings is 1. The second-order valence-electron chi connectivity index (χ2n) is 4.53. The van der Waals surface area contributed by atoms with Gasteiger partial charge in [0.15, 0.2) is 0 Å². The molecule has 19 heavy (non-hydrogen) atoms. The lowest BCUT2D eigenvalue weighted by Gasteiger charge is -2.04. The van der Waals surface area contributed by atoms with E-state index in [1.165, 1.54) is 5.56 Å². The van der Waals surface area contributed by atoms with Gasteiger partial charge in [-0.3, -0.25) is 0 Å². The minimum absolute atomic E-state index is 0.0468. The van der Waals surface area contributed by atoms with Gasteiger partial charge in [0.1, 0.15) is 12.3 Å². The van der Waals surface area contributed by atoms with E-state index in [1.807, 2.05) is 18.2 Å². The van der Waals surface area contributed by atoms with Crippen molar-refractivity contribution in [1.29, 1.82) is 0 Å². The van der Waals surface area contributed by atoms with Gasteiger partial charge in [-0.25, -0.2) is 0 Å². The molecule has 0 saturated heterocycles. The predicted octanol–water partition coefficient (Wildman–Crippen LogP) is 3.04. The Labute approximate surface area is 109 Å². The average Bonchev–Trinajstić information content (AvgIpc) is 3.17. The van der Waals surface area contributed by atoms with Gasteiger partial charge in [-0.1, -0.05) is 23.4 Å². The van der Waals surface area contributed by atoms with Crippen molar-refractivity contribution in [3.8, 4) is 11.4 Å². The van der Waals surface area contributed by atoms with Crippen LogP contribution >= 0.6 is 0 Å². The third kappa shape index (κ3) is 1.71. The molecule has 3 heterocycles. The number of hydrogen-bond acceptors (Lipinski definition) is 5. The van der Waals surface area contributed by atoms with E-state index in [0.717, 1.165) is 17.7 Å². The SMILES string of the molecule is c1ccc2c(c1)CC(c1nc(-c3ccoc3)no1)N2. The van der Waals surface area contributed by atoms with Crippen LogP contribution in [0.5, 0.6) is 0 Å². The molecule has 5 heteroatoms. The van der Waals surface area contributed by atoms with Gasteiger partial charge in [-0.2, -0.15) is 4.98 Å². The zero-order valence-corrected chi connectivity index (χ0v) is 10.0. The highest BCUT2D eigenvalue weighted by Gasteiger charge is 2.26. The third-order valence-corrected chi connectivity index (χ3v) is 3.29. The van der Waals surface area contributed by atoms with Crippen molar-refractivity contribution >= 4 is 5.69 Å². The maximum absolute atomic E-state index is 5.34. The van der Waals surface area contributed by atoms with Crippen LogP contribution in [0.25, 0.3) is 11.4 Å². The van der Waals surface area contributed by atoms with Crippen LogP contribution < -0.4 is 5.32 Å². The van der Waals surface area contributed by atoms with Gasteiger partial charge >= 0.3 is 0 Å². The summed E-state index contributed by atoms with van der Waals surface area (Å²) in [5.41, 5.74) is 3.23. The summed E-state index contributed by atoms with van der Waals surface area (Å²) < 4.78 is 10.4. The first kappa shape index (κ1) is 10.4. The van der Waals surface area contributed by atoms with Crippen molar-refractivity contribution < 1.29 is 8.94 Å². The summed E-state index contributed by atoms with van der Waals surface area (Å²) in [5.74, 6) is 1.16. The fourth-order valence-electron chi connectivity index (χ4n) is 2.33. The van der Waals surface area contributed by atoms with E-state index in [4.69, 9.17) is 8.94 Å². The van der Waals surface area contributed by atoms with Gasteiger partial charge in [0.05, 0.1) is 11.8 Å². The van der Waals surface area contributed by atoms with Crippen molar-refractivity contribution in [3.63, 3.8) is 0 Å². The molecule has 0 spiro atoms. The lowest BCUT2D eigenvalue weighted by Crippen LogP contribution is -2.05. The quantitative estimate of drug-likeness (QED) is 0.760. The van der Waals surface area contributed by atoms with E-state index in [2.05, 4.69) is 27.6 Å². The smallest absolute Gasteiger partial charge is 0.249 e. The summed E-state index contributed by atoms with van der Waals surface area (Å²) in [4.78, 5) is 4.42. The third-order valence-electron chi connectivity index (χ3n) is 3.29. The number of fused-ring (bicyclic) bond motifs is 1. The zero-order chi connectivity index (χ0) is 12.7. The average molecular weight is 253 g/mol. The molecule has 94 valence electrons. The second-order valence-corrected chi connectivity index (χ2v) is 4.53. The minimum atomic E-state index is 0.0468. The summed E-state index contributed by atoms with van der Waals surface area (Å²) >= 11 is 0. The highest BCUT2D eigenvalue weighted by atomic mass is 16.5. The Bertz CT molecular complexity index is 678. The van der Waals surface area contributed by atoms with Crippen molar-refractivity contribution in [1.82, 2.24) is 10.1 Å². The molecule has 5 nitrogen and oxygen atoms in total. The van der Waals surface area contributed by atoms with Gasteiger partial charge in [-0.05, 0) is 17.7 Å². The molecule has 1 atom stereocenters. The topological polar surface area (TPSA) is 64.1 Å². The van der Waals surface area contributed by atoms with Gasteiger partial charge in [0.25, 0.3) is 0 Å². The van der Waals surface area contributed by atoms with Crippen LogP contribution in [-0.2, 0) is 6.42 Å². The van der Waals surface area contributed by atoms with E-state index < -0.39 is 0 Å². The van der Waals surface area contributed by atoms with Crippen LogP contribution in [-0.4, -0.2) is 10.1 Å². The van der Waals surface area contributed by atoms with Crippen LogP contribution in [0, 0.1) is 0 Å². The van der Waals surface area contributed by atoms with Crippen LogP contribution in [0.1, 0.15) is 17.5 Å². The van der Waals surface area contributed by atoms with Crippen molar-refractivity contribution in [2.75, 3.05) is 5.32 Å². The number of aromatic nitrogens is 2. The van der Waals surface area contributed by atoms with Crippen LogP contribution in [0.3, 0.4) is 0 Å². The van der Waals surface area contributed by atoms with Gasteiger partial charge in [0, 0.05) is 12.1 Å². The summed E-state index contributed by atoms with van der Waals surface area (Å²) in [7, 11) is 0. The summed E-state index contributed by atoms with van der Waals surface area (Å²) in [6.07, 6.45) is 4.06. The molecule has 1 N–H and O–H groups in total. The van der Waals surface area contributed by atoms with E-state index in [9.17, 15) is 0 Å². The Morgan fingerprint density at radius 1 is 1.21 bits per heavy atom. The first-order valence-corrected chi connectivity index (χ1v) is 6.11.